The van der Waals surface area contributed by atoms with E-state index in [1.54, 1.807) is 0 Å². The van der Waals surface area contributed by atoms with Crippen LogP contribution in [-0.4, -0.2) is 18.5 Å². The topological polar surface area (TPSA) is 0 Å². The molecule has 0 nitrogen and oxygen atoms in total. The number of rotatable bonds is 11. The molecule has 1 aromatic carbocycles. The molecule has 0 saturated carbocycles. The first-order valence-electron chi connectivity index (χ1n) is 9.41. The summed E-state index contributed by atoms with van der Waals surface area (Å²) in [6, 6.07) is 9.00. The average molecular weight is 321 g/mol. The summed E-state index contributed by atoms with van der Waals surface area (Å²) in [5, 5.41) is 0. The Morgan fingerprint density at radius 1 is 0.773 bits per heavy atom. The maximum atomic E-state index is 2.69. The summed E-state index contributed by atoms with van der Waals surface area (Å²) >= 11 is 0. The summed E-state index contributed by atoms with van der Waals surface area (Å²) in [4.78, 5) is 0. The van der Waals surface area contributed by atoms with E-state index in [1.807, 2.05) is 0 Å². The molecule has 0 aromatic heterocycles. The SMILES string of the molecule is CCCC[PH](C=Cc1ccc(C)cc1)(CCCC)CCCC. The first kappa shape index (κ1) is 19.4. The Labute approximate surface area is 139 Å². The van der Waals surface area contributed by atoms with Crippen LogP contribution in [0.2, 0.25) is 0 Å². The van der Waals surface area contributed by atoms with Gasteiger partial charge >= 0.3 is 139 Å². The summed E-state index contributed by atoms with van der Waals surface area (Å²) in [5.41, 5.74) is 2.73. The zero-order chi connectivity index (χ0) is 16.3. The molecule has 0 spiro atoms. The van der Waals surface area contributed by atoms with Crippen molar-refractivity contribution in [3.63, 3.8) is 0 Å². The van der Waals surface area contributed by atoms with Gasteiger partial charge in [-0.3, -0.25) is 0 Å². The van der Waals surface area contributed by atoms with Crippen LogP contribution >= 0.6 is 7.26 Å². The van der Waals surface area contributed by atoms with E-state index in [0.29, 0.717) is 0 Å². The zero-order valence-electron chi connectivity index (χ0n) is 15.3. The van der Waals surface area contributed by atoms with E-state index in [1.165, 1.54) is 68.1 Å². The molecule has 1 aromatic rings. The van der Waals surface area contributed by atoms with Crippen LogP contribution in [0, 0.1) is 6.92 Å². The second-order valence-corrected chi connectivity index (χ2v) is 11.5. The molecule has 1 heteroatoms. The van der Waals surface area contributed by atoms with Crippen LogP contribution in [0.3, 0.4) is 0 Å². The predicted molar refractivity (Wildman–Crippen MR) is 108 cm³/mol. The molecule has 0 heterocycles. The van der Waals surface area contributed by atoms with Crippen molar-refractivity contribution in [2.24, 2.45) is 0 Å². The van der Waals surface area contributed by atoms with Crippen LogP contribution in [0.4, 0.5) is 0 Å². The fraction of sp³-hybridized carbons (Fsp3) is 0.619. The van der Waals surface area contributed by atoms with Gasteiger partial charge in [-0.05, 0) is 0 Å². The number of unbranched alkanes of at least 4 members (excludes halogenated alkanes) is 3. The van der Waals surface area contributed by atoms with Crippen LogP contribution in [-0.2, 0) is 0 Å². The van der Waals surface area contributed by atoms with Gasteiger partial charge in [0.1, 0.15) is 0 Å². The summed E-state index contributed by atoms with van der Waals surface area (Å²) in [6.45, 7) is 9.17. The number of hydrogen-bond acceptors (Lipinski definition) is 0. The molecular weight excluding hydrogens is 283 g/mol. The molecule has 0 bridgehead atoms. The van der Waals surface area contributed by atoms with E-state index < -0.39 is 7.26 Å². The van der Waals surface area contributed by atoms with E-state index in [2.05, 4.69) is 63.9 Å². The van der Waals surface area contributed by atoms with E-state index in [-0.39, 0.29) is 0 Å². The Hall–Kier alpha value is -0.610. The summed E-state index contributed by atoms with van der Waals surface area (Å²) < 4.78 is 0. The maximum absolute atomic E-state index is 2.69. The molecule has 0 N–H and O–H groups in total. The Kier molecular flexibility index (Phi) is 9.73. The van der Waals surface area contributed by atoms with Crippen molar-refractivity contribution in [3.8, 4) is 0 Å². The predicted octanol–water partition coefficient (Wildman–Crippen LogP) is 7.12. The minimum absolute atomic E-state index is 1.24. The molecule has 126 valence electrons. The van der Waals surface area contributed by atoms with Gasteiger partial charge in [-0.25, -0.2) is 0 Å². The van der Waals surface area contributed by atoms with Crippen molar-refractivity contribution >= 4 is 13.3 Å². The van der Waals surface area contributed by atoms with Crippen LogP contribution in [0.15, 0.2) is 30.1 Å². The number of benzene rings is 1. The Balaban J connectivity index is 2.90. The van der Waals surface area contributed by atoms with Crippen LogP contribution in [0.5, 0.6) is 0 Å². The summed E-state index contributed by atoms with van der Waals surface area (Å²) in [5.74, 6) is 2.69. The van der Waals surface area contributed by atoms with Gasteiger partial charge in [-0.1, -0.05) is 0 Å². The fourth-order valence-corrected chi connectivity index (χ4v) is 8.13. The molecule has 0 atom stereocenters. The molecule has 0 saturated heterocycles. The van der Waals surface area contributed by atoms with E-state index in [4.69, 9.17) is 0 Å². The van der Waals surface area contributed by atoms with E-state index in [0.717, 1.165) is 0 Å². The molecule has 0 aliphatic rings. The van der Waals surface area contributed by atoms with E-state index in [9.17, 15) is 0 Å². The minimum atomic E-state index is -1.24. The normalized spacial score (nSPS) is 12.9. The molecule has 0 fully saturated rings. The standard InChI is InChI=1S/C21H37P/c1-5-8-16-22(17-9-6-2,18-10-7-3)19-15-21-13-11-20(4)12-14-21/h11-15,19,22H,5-10,16-18H2,1-4H3. The molecule has 0 amide bonds. The van der Waals surface area contributed by atoms with Crippen LogP contribution in [0.25, 0.3) is 6.08 Å². The van der Waals surface area contributed by atoms with Gasteiger partial charge in [0, 0.05) is 0 Å². The molecular formula is C21H37P. The second-order valence-electron chi connectivity index (χ2n) is 6.92. The Morgan fingerprint density at radius 2 is 1.23 bits per heavy atom. The third-order valence-electron chi connectivity index (χ3n) is 4.79. The third kappa shape index (κ3) is 7.10. The quantitative estimate of drug-likeness (QED) is 0.381. The Morgan fingerprint density at radius 3 is 1.64 bits per heavy atom. The van der Waals surface area contributed by atoms with Crippen molar-refractivity contribution in [2.45, 2.75) is 66.2 Å². The van der Waals surface area contributed by atoms with Crippen molar-refractivity contribution in [3.05, 3.63) is 41.2 Å². The van der Waals surface area contributed by atoms with Gasteiger partial charge in [-0.2, -0.15) is 0 Å². The third-order valence-corrected chi connectivity index (χ3v) is 9.71. The van der Waals surface area contributed by atoms with Gasteiger partial charge in [0.05, 0.1) is 0 Å². The van der Waals surface area contributed by atoms with Crippen molar-refractivity contribution in [1.29, 1.82) is 0 Å². The second kappa shape index (κ2) is 11.0. The van der Waals surface area contributed by atoms with Crippen LogP contribution in [0.1, 0.15) is 70.4 Å². The summed E-state index contributed by atoms with van der Waals surface area (Å²) in [7, 11) is -1.24. The van der Waals surface area contributed by atoms with Crippen molar-refractivity contribution in [1.82, 2.24) is 0 Å². The molecule has 0 aliphatic heterocycles. The molecule has 22 heavy (non-hydrogen) atoms. The average Bonchev–Trinajstić information content (AvgIpc) is 2.55. The number of hydrogen-bond donors (Lipinski definition) is 0. The van der Waals surface area contributed by atoms with Crippen molar-refractivity contribution < 1.29 is 0 Å². The van der Waals surface area contributed by atoms with E-state index >= 15 is 0 Å². The molecule has 1 rings (SSSR count). The fourth-order valence-electron chi connectivity index (χ4n) is 3.16. The van der Waals surface area contributed by atoms with Crippen molar-refractivity contribution in [2.75, 3.05) is 18.5 Å². The van der Waals surface area contributed by atoms with Gasteiger partial charge in [-0.15, -0.1) is 0 Å². The van der Waals surface area contributed by atoms with Gasteiger partial charge in [0.25, 0.3) is 0 Å². The van der Waals surface area contributed by atoms with Crippen LogP contribution < -0.4 is 0 Å². The van der Waals surface area contributed by atoms with Gasteiger partial charge in [0.2, 0.25) is 0 Å². The number of aryl methyl sites for hydroxylation is 1. The van der Waals surface area contributed by atoms with Gasteiger partial charge < -0.3 is 0 Å². The zero-order valence-corrected chi connectivity index (χ0v) is 16.3. The first-order chi connectivity index (χ1) is 10.7. The monoisotopic (exact) mass is 320 g/mol. The van der Waals surface area contributed by atoms with Gasteiger partial charge in [0.15, 0.2) is 0 Å². The Bertz CT molecular complexity index is 394. The first-order valence-corrected chi connectivity index (χ1v) is 12.1. The molecule has 0 unspecified atom stereocenters. The molecule has 0 radical (unpaired) electrons. The summed E-state index contributed by atoms with van der Waals surface area (Å²) in [6.07, 6.45) is 15.2. The molecule has 0 aliphatic carbocycles.